The topological polar surface area (TPSA) is 47.3 Å². The van der Waals surface area contributed by atoms with E-state index in [1.54, 1.807) is 0 Å². The van der Waals surface area contributed by atoms with Crippen LogP contribution in [0.5, 0.6) is 0 Å². The summed E-state index contributed by atoms with van der Waals surface area (Å²) in [6.45, 7) is 5.05. The van der Waals surface area contributed by atoms with Gasteiger partial charge in [-0.05, 0) is 32.3 Å². The molecule has 1 aliphatic heterocycles. The minimum atomic E-state index is -0.177. The van der Waals surface area contributed by atoms with Crippen LogP contribution in [0.4, 0.5) is 0 Å². The molecule has 2 unspecified atom stereocenters. The van der Waals surface area contributed by atoms with Gasteiger partial charge in [0.15, 0.2) is 0 Å². The number of aryl methyl sites for hydroxylation is 1. The first kappa shape index (κ1) is 11.6. The standard InChI is InChI=1S/C13H20N2O/c1-10-4-6-11(7-5-10)12(15-14)13(2)8-3-9-16-13/h4-7,12,15H,3,8-9,14H2,1-2H3. The average Bonchev–Trinajstić information content (AvgIpc) is 2.70. The van der Waals surface area contributed by atoms with Crippen molar-refractivity contribution in [2.75, 3.05) is 6.61 Å². The maximum absolute atomic E-state index is 5.84. The van der Waals surface area contributed by atoms with Crippen molar-refractivity contribution >= 4 is 0 Å². The monoisotopic (exact) mass is 220 g/mol. The van der Waals surface area contributed by atoms with E-state index >= 15 is 0 Å². The van der Waals surface area contributed by atoms with Gasteiger partial charge in [0.05, 0.1) is 11.6 Å². The van der Waals surface area contributed by atoms with Crippen LogP contribution in [0.1, 0.15) is 36.9 Å². The van der Waals surface area contributed by atoms with Crippen LogP contribution in [0, 0.1) is 6.92 Å². The summed E-state index contributed by atoms with van der Waals surface area (Å²) < 4.78 is 5.84. The zero-order valence-electron chi connectivity index (χ0n) is 9.99. The molecule has 0 spiro atoms. The third-order valence-electron chi connectivity index (χ3n) is 3.44. The quantitative estimate of drug-likeness (QED) is 0.605. The molecule has 0 saturated carbocycles. The van der Waals surface area contributed by atoms with Crippen LogP contribution in [-0.4, -0.2) is 12.2 Å². The maximum Gasteiger partial charge on any atom is 0.0862 e. The Hall–Kier alpha value is -0.900. The van der Waals surface area contributed by atoms with Gasteiger partial charge in [-0.25, -0.2) is 0 Å². The summed E-state index contributed by atoms with van der Waals surface area (Å²) >= 11 is 0. The molecule has 0 bridgehead atoms. The molecule has 1 aliphatic rings. The fraction of sp³-hybridized carbons (Fsp3) is 0.538. The van der Waals surface area contributed by atoms with Crippen molar-refractivity contribution in [1.29, 1.82) is 0 Å². The van der Waals surface area contributed by atoms with E-state index in [1.165, 1.54) is 11.1 Å². The first-order chi connectivity index (χ1) is 7.65. The summed E-state index contributed by atoms with van der Waals surface area (Å²) in [7, 11) is 0. The lowest BCUT2D eigenvalue weighted by Gasteiger charge is -2.33. The highest BCUT2D eigenvalue weighted by Crippen LogP contribution is 2.36. The number of hydrazine groups is 1. The molecule has 0 aromatic heterocycles. The van der Waals surface area contributed by atoms with Crippen molar-refractivity contribution in [2.24, 2.45) is 5.84 Å². The second-order valence-corrected chi connectivity index (χ2v) is 4.78. The zero-order chi connectivity index (χ0) is 11.6. The summed E-state index contributed by atoms with van der Waals surface area (Å²) in [5, 5.41) is 0. The molecule has 2 atom stereocenters. The van der Waals surface area contributed by atoms with E-state index in [-0.39, 0.29) is 11.6 Å². The molecule has 3 nitrogen and oxygen atoms in total. The molecule has 0 radical (unpaired) electrons. The largest absolute Gasteiger partial charge is 0.373 e. The van der Waals surface area contributed by atoms with Gasteiger partial charge in [-0.1, -0.05) is 29.8 Å². The lowest BCUT2D eigenvalue weighted by atomic mass is 9.88. The lowest BCUT2D eigenvalue weighted by Crippen LogP contribution is -2.44. The molecule has 1 aromatic carbocycles. The molecular formula is C13H20N2O. The van der Waals surface area contributed by atoms with Crippen LogP contribution in [0.15, 0.2) is 24.3 Å². The number of ether oxygens (including phenoxy) is 1. The summed E-state index contributed by atoms with van der Waals surface area (Å²) in [6.07, 6.45) is 2.16. The molecule has 3 heteroatoms. The Labute approximate surface area is 97.0 Å². The van der Waals surface area contributed by atoms with Crippen molar-refractivity contribution in [1.82, 2.24) is 5.43 Å². The van der Waals surface area contributed by atoms with E-state index < -0.39 is 0 Å². The molecule has 3 N–H and O–H groups in total. The lowest BCUT2D eigenvalue weighted by molar-refractivity contribution is -0.0125. The zero-order valence-corrected chi connectivity index (χ0v) is 9.99. The first-order valence-electron chi connectivity index (χ1n) is 5.82. The fourth-order valence-corrected chi connectivity index (χ4v) is 2.41. The van der Waals surface area contributed by atoms with E-state index in [9.17, 15) is 0 Å². The van der Waals surface area contributed by atoms with Gasteiger partial charge in [-0.15, -0.1) is 0 Å². The van der Waals surface area contributed by atoms with Gasteiger partial charge in [0.25, 0.3) is 0 Å². The van der Waals surface area contributed by atoms with Gasteiger partial charge in [0.1, 0.15) is 0 Å². The first-order valence-corrected chi connectivity index (χ1v) is 5.82. The summed E-state index contributed by atoms with van der Waals surface area (Å²) in [5.74, 6) is 5.68. The minimum Gasteiger partial charge on any atom is -0.373 e. The molecular weight excluding hydrogens is 200 g/mol. The highest BCUT2D eigenvalue weighted by molar-refractivity contribution is 5.26. The fourth-order valence-electron chi connectivity index (χ4n) is 2.41. The van der Waals surface area contributed by atoms with E-state index in [1.807, 2.05) is 0 Å². The Morgan fingerprint density at radius 3 is 2.56 bits per heavy atom. The molecule has 88 valence electrons. The molecule has 1 aromatic rings. The molecule has 0 aliphatic carbocycles. The van der Waals surface area contributed by atoms with Gasteiger partial charge in [-0.2, -0.15) is 0 Å². The van der Waals surface area contributed by atoms with Crippen molar-refractivity contribution in [3.63, 3.8) is 0 Å². The Bertz CT molecular complexity index is 341. The Balaban J connectivity index is 2.25. The number of benzene rings is 1. The SMILES string of the molecule is Cc1ccc(C(NN)C2(C)CCCO2)cc1. The molecule has 1 saturated heterocycles. The molecule has 16 heavy (non-hydrogen) atoms. The average molecular weight is 220 g/mol. The highest BCUT2D eigenvalue weighted by Gasteiger charge is 2.38. The van der Waals surface area contributed by atoms with Crippen molar-refractivity contribution < 1.29 is 4.74 Å². The van der Waals surface area contributed by atoms with Gasteiger partial charge < -0.3 is 4.74 Å². The molecule has 2 rings (SSSR count). The predicted molar refractivity (Wildman–Crippen MR) is 64.8 cm³/mol. The summed E-state index contributed by atoms with van der Waals surface area (Å²) in [4.78, 5) is 0. The second kappa shape index (κ2) is 4.53. The van der Waals surface area contributed by atoms with Gasteiger partial charge in [0, 0.05) is 6.61 Å². The van der Waals surface area contributed by atoms with Gasteiger partial charge in [-0.3, -0.25) is 11.3 Å². The second-order valence-electron chi connectivity index (χ2n) is 4.78. The molecule has 1 fully saturated rings. The van der Waals surface area contributed by atoms with Crippen molar-refractivity contribution in [3.05, 3.63) is 35.4 Å². The van der Waals surface area contributed by atoms with E-state index in [0.29, 0.717) is 0 Å². The van der Waals surface area contributed by atoms with Crippen LogP contribution in [0.25, 0.3) is 0 Å². The number of hydrogen-bond acceptors (Lipinski definition) is 3. The molecule has 1 heterocycles. The maximum atomic E-state index is 5.84. The normalized spacial score (nSPS) is 26.9. The van der Waals surface area contributed by atoms with Crippen molar-refractivity contribution in [2.45, 2.75) is 38.3 Å². The smallest absolute Gasteiger partial charge is 0.0862 e. The summed E-state index contributed by atoms with van der Waals surface area (Å²) in [6, 6.07) is 8.52. The van der Waals surface area contributed by atoms with Crippen molar-refractivity contribution in [3.8, 4) is 0 Å². The van der Waals surface area contributed by atoms with Crippen LogP contribution < -0.4 is 11.3 Å². The van der Waals surface area contributed by atoms with E-state index in [0.717, 1.165) is 19.4 Å². The molecule has 0 amide bonds. The third-order valence-corrected chi connectivity index (χ3v) is 3.44. The van der Waals surface area contributed by atoms with E-state index in [4.69, 9.17) is 10.6 Å². The van der Waals surface area contributed by atoms with Gasteiger partial charge >= 0.3 is 0 Å². The van der Waals surface area contributed by atoms with Crippen LogP contribution in [0.2, 0.25) is 0 Å². The summed E-state index contributed by atoms with van der Waals surface area (Å²) in [5.41, 5.74) is 5.17. The number of hydrogen-bond donors (Lipinski definition) is 2. The number of rotatable bonds is 3. The Kier molecular flexibility index (Phi) is 3.28. The minimum absolute atomic E-state index is 0.0654. The number of nitrogens with one attached hydrogen (secondary N) is 1. The third kappa shape index (κ3) is 2.12. The van der Waals surface area contributed by atoms with E-state index in [2.05, 4.69) is 43.5 Å². The van der Waals surface area contributed by atoms with Crippen LogP contribution in [0.3, 0.4) is 0 Å². The predicted octanol–water partition coefficient (Wildman–Crippen LogP) is 2.07. The Morgan fingerprint density at radius 1 is 1.38 bits per heavy atom. The van der Waals surface area contributed by atoms with Crippen LogP contribution in [-0.2, 0) is 4.74 Å². The highest BCUT2D eigenvalue weighted by atomic mass is 16.5. The van der Waals surface area contributed by atoms with Crippen LogP contribution >= 0.6 is 0 Å². The van der Waals surface area contributed by atoms with Gasteiger partial charge in [0.2, 0.25) is 0 Å². The number of nitrogens with two attached hydrogens (primary N) is 1. The Morgan fingerprint density at radius 2 is 2.06 bits per heavy atom.